The summed E-state index contributed by atoms with van der Waals surface area (Å²) in [6.07, 6.45) is 0. The van der Waals surface area contributed by atoms with Crippen molar-refractivity contribution in [2.45, 2.75) is 17.1 Å². The SMILES string of the molecule is CC(Sc1ccc(NC(=O)c2c(Cl)c(Cl)c(Cl)c(Cl)c2C(=O)O)cc1)C(=O)Nc1ccc(C(N)=O)cc1. The summed E-state index contributed by atoms with van der Waals surface area (Å²) in [5.74, 6) is -3.18. The Hall–Kier alpha value is -2.95. The van der Waals surface area contributed by atoms with Crippen LogP contribution in [0.1, 0.15) is 38.0 Å². The van der Waals surface area contributed by atoms with Crippen molar-refractivity contribution in [2.75, 3.05) is 10.6 Å². The van der Waals surface area contributed by atoms with Gasteiger partial charge in [0.1, 0.15) is 0 Å². The van der Waals surface area contributed by atoms with Crippen LogP contribution >= 0.6 is 58.2 Å². The van der Waals surface area contributed by atoms with Crippen LogP contribution in [0.4, 0.5) is 11.4 Å². The molecule has 0 saturated heterocycles. The van der Waals surface area contributed by atoms with Gasteiger partial charge in [-0.25, -0.2) is 4.79 Å². The molecule has 0 heterocycles. The lowest BCUT2D eigenvalue weighted by Gasteiger charge is -2.15. The summed E-state index contributed by atoms with van der Waals surface area (Å²) in [5.41, 5.74) is 5.38. The molecule has 0 aliphatic rings. The number of carboxylic acids is 1. The second-order valence-electron chi connectivity index (χ2n) is 7.48. The normalized spacial score (nSPS) is 11.5. The molecule has 3 rings (SSSR count). The first kappa shape index (κ1) is 28.6. The average Bonchev–Trinajstić information content (AvgIpc) is 2.85. The lowest BCUT2D eigenvalue weighted by molar-refractivity contribution is -0.115. The van der Waals surface area contributed by atoms with Gasteiger partial charge in [0.15, 0.2) is 0 Å². The molecule has 1 unspecified atom stereocenters. The van der Waals surface area contributed by atoms with Gasteiger partial charge in [0.05, 0.1) is 36.5 Å². The van der Waals surface area contributed by atoms with E-state index in [1.165, 1.54) is 23.9 Å². The monoisotopic (exact) mass is 599 g/mol. The minimum Gasteiger partial charge on any atom is -0.478 e. The Morgan fingerprint density at radius 1 is 0.784 bits per heavy atom. The molecule has 5 N–H and O–H groups in total. The number of rotatable bonds is 8. The van der Waals surface area contributed by atoms with Crippen LogP contribution in [0.5, 0.6) is 0 Å². The van der Waals surface area contributed by atoms with Crippen LogP contribution in [0.2, 0.25) is 20.1 Å². The maximum absolute atomic E-state index is 12.9. The topological polar surface area (TPSA) is 139 Å². The van der Waals surface area contributed by atoms with Gasteiger partial charge in [0.2, 0.25) is 11.8 Å². The van der Waals surface area contributed by atoms with Gasteiger partial charge in [-0.1, -0.05) is 46.4 Å². The number of hydrogen-bond donors (Lipinski definition) is 4. The molecule has 0 fully saturated rings. The van der Waals surface area contributed by atoms with Crippen LogP contribution in [0.3, 0.4) is 0 Å². The first-order chi connectivity index (χ1) is 17.4. The summed E-state index contributed by atoms with van der Waals surface area (Å²) >= 11 is 25.3. The second-order valence-corrected chi connectivity index (χ2v) is 10.4. The standard InChI is InChI=1S/C24H17Cl4N3O5S/c1-10(22(33)30-12-4-2-11(3-5-12)21(29)32)37-14-8-6-13(7-9-14)31-23(34)15-16(24(35)36)18(26)20(28)19(27)17(15)25/h2-10H,1H3,(H2,29,32)(H,30,33)(H,31,34)(H,35,36). The molecule has 3 amide bonds. The second kappa shape index (κ2) is 12.1. The number of thioether (sulfide) groups is 1. The lowest BCUT2D eigenvalue weighted by atomic mass is 10.1. The van der Waals surface area contributed by atoms with Crippen molar-refractivity contribution in [3.63, 3.8) is 0 Å². The summed E-state index contributed by atoms with van der Waals surface area (Å²) in [6, 6.07) is 12.7. The lowest BCUT2D eigenvalue weighted by Crippen LogP contribution is -2.22. The van der Waals surface area contributed by atoms with E-state index < -0.39 is 39.2 Å². The Morgan fingerprint density at radius 2 is 1.27 bits per heavy atom. The molecule has 3 aromatic carbocycles. The smallest absolute Gasteiger partial charge is 0.338 e. The van der Waals surface area contributed by atoms with Crippen molar-refractivity contribution in [1.82, 2.24) is 0 Å². The molecular formula is C24H17Cl4N3O5S. The van der Waals surface area contributed by atoms with Gasteiger partial charge in [0, 0.05) is 21.8 Å². The van der Waals surface area contributed by atoms with Crippen molar-refractivity contribution < 1.29 is 24.3 Å². The fourth-order valence-corrected chi connectivity index (χ4v) is 4.96. The largest absolute Gasteiger partial charge is 0.478 e. The Kier molecular flexibility index (Phi) is 9.33. The van der Waals surface area contributed by atoms with Gasteiger partial charge in [0.25, 0.3) is 5.91 Å². The molecular weight excluding hydrogens is 584 g/mol. The van der Waals surface area contributed by atoms with Crippen LogP contribution < -0.4 is 16.4 Å². The highest BCUT2D eigenvalue weighted by Crippen LogP contribution is 2.42. The predicted molar refractivity (Wildman–Crippen MR) is 147 cm³/mol. The molecule has 0 aliphatic heterocycles. The quantitative estimate of drug-likeness (QED) is 0.133. The van der Waals surface area contributed by atoms with Crippen LogP contribution in [0, 0.1) is 0 Å². The van der Waals surface area contributed by atoms with E-state index in [9.17, 15) is 24.3 Å². The minimum atomic E-state index is -1.50. The molecule has 0 spiro atoms. The predicted octanol–water partition coefficient (Wildman–Crippen LogP) is 6.47. The number of nitrogens with one attached hydrogen (secondary N) is 2. The minimum absolute atomic E-state index is 0.244. The zero-order valence-electron chi connectivity index (χ0n) is 18.8. The van der Waals surface area contributed by atoms with Crippen molar-refractivity contribution in [3.8, 4) is 0 Å². The van der Waals surface area contributed by atoms with E-state index in [-0.39, 0.29) is 21.0 Å². The molecule has 0 aromatic heterocycles. The Morgan fingerprint density at radius 3 is 1.78 bits per heavy atom. The molecule has 0 saturated carbocycles. The molecule has 8 nitrogen and oxygen atoms in total. The van der Waals surface area contributed by atoms with Crippen LogP contribution in [-0.4, -0.2) is 34.0 Å². The first-order valence-corrected chi connectivity index (χ1v) is 12.7. The molecule has 192 valence electrons. The molecule has 13 heteroatoms. The third-order valence-corrected chi connectivity index (χ3v) is 7.85. The Labute approximate surface area is 235 Å². The van der Waals surface area contributed by atoms with Crippen molar-refractivity contribution in [3.05, 3.63) is 85.3 Å². The number of halogens is 4. The summed E-state index contributed by atoms with van der Waals surface area (Å²) in [5, 5.41) is 13.1. The number of primary amides is 1. The highest BCUT2D eigenvalue weighted by molar-refractivity contribution is 8.00. The van der Waals surface area contributed by atoms with E-state index >= 15 is 0 Å². The maximum Gasteiger partial charge on any atom is 0.338 e. The number of nitrogens with two attached hydrogens (primary N) is 1. The van der Waals surface area contributed by atoms with Gasteiger partial charge in [-0.3, -0.25) is 14.4 Å². The number of amides is 3. The zero-order valence-corrected chi connectivity index (χ0v) is 22.6. The Bertz CT molecular complexity index is 1400. The van der Waals surface area contributed by atoms with Gasteiger partial charge < -0.3 is 21.5 Å². The fraction of sp³-hybridized carbons (Fsp3) is 0.0833. The highest BCUT2D eigenvalue weighted by Gasteiger charge is 2.29. The Balaban J connectivity index is 1.69. The molecule has 0 aliphatic carbocycles. The van der Waals surface area contributed by atoms with E-state index in [0.717, 1.165) is 4.90 Å². The van der Waals surface area contributed by atoms with E-state index in [1.54, 1.807) is 43.3 Å². The number of benzene rings is 3. The molecule has 37 heavy (non-hydrogen) atoms. The summed E-state index contributed by atoms with van der Waals surface area (Å²) in [6.45, 7) is 1.72. The number of anilines is 2. The third-order valence-electron chi connectivity index (χ3n) is 4.94. The van der Waals surface area contributed by atoms with Crippen LogP contribution in [0.25, 0.3) is 0 Å². The fourth-order valence-electron chi connectivity index (χ4n) is 3.08. The summed E-state index contributed by atoms with van der Waals surface area (Å²) in [7, 11) is 0. The van der Waals surface area contributed by atoms with Crippen LogP contribution in [-0.2, 0) is 4.79 Å². The summed E-state index contributed by atoms with van der Waals surface area (Å²) in [4.78, 5) is 49.0. The van der Waals surface area contributed by atoms with Gasteiger partial charge in [-0.2, -0.15) is 0 Å². The van der Waals surface area contributed by atoms with E-state index in [2.05, 4.69) is 10.6 Å². The van der Waals surface area contributed by atoms with Gasteiger partial charge >= 0.3 is 5.97 Å². The number of carbonyl (C=O) groups excluding carboxylic acids is 3. The van der Waals surface area contributed by atoms with Crippen molar-refractivity contribution in [2.24, 2.45) is 5.73 Å². The van der Waals surface area contributed by atoms with Crippen molar-refractivity contribution >= 4 is 93.2 Å². The average molecular weight is 601 g/mol. The van der Waals surface area contributed by atoms with Crippen molar-refractivity contribution in [1.29, 1.82) is 0 Å². The molecule has 0 radical (unpaired) electrons. The highest BCUT2D eigenvalue weighted by atomic mass is 35.5. The first-order valence-electron chi connectivity index (χ1n) is 10.3. The van der Waals surface area contributed by atoms with E-state index in [0.29, 0.717) is 16.9 Å². The number of hydrogen-bond acceptors (Lipinski definition) is 5. The number of carboxylic acid groups (broad SMARTS) is 1. The van der Waals surface area contributed by atoms with Gasteiger partial charge in [-0.15, -0.1) is 11.8 Å². The number of carbonyl (C=O) groups is 4. The zero-order chi connectivity index (χ0) is 27.4. The summed E-state index contributed by atoms with van der Waals surface area (Å²) < 4.78 is 0. The molecule has 3 aromatic rings. The van der Waals surface area contributed by atoms with E-state index in [4.69, 9.17) is 52.1 Å². The third kappa shape index (κ3) is 6.68. The maximum atomic E-state index is 12.9. The number of aromatic carboxylic acids is 1. The molecule has 0 bridgehead atoms. The van der Waals surface area contributed by atoms with E-state index in [1.807, 2.05) is 0 Å². The van der Waals surface area contributed by atoms with Gasteiger partial charge in [-0.05, 0) is 55.5 Å². The van der Waals surface area contributed by atoms with Crippen LogP contribution in [0.15, 0.2) is 53.4 Å². The molecule has 1 atom stereocenters.